The maximum absolute atomic E-state index is 9.32. The van der Waals surface area contributed by atoms with Crippen LogP contribution in [0.1, 0.15) is 0 Å². The Hall–Kier alpha value is -1.80. The Morgan fingerprint density at radius 3 is 1.53 bits per heavy atom. The van der Waals surface area contributed by atoms with Gasteiger partial charge in [0.05, 0.1) is 0 Å². The van der Waals surface area contributed by atoms with Crippen molar-refractivity contribution in [2.45, 2.75) is 0 Å². The van der Waals surface area contributed by atoms with Crippen LogP contribution in [0.3, 0.4) is 0 Å². The van der Waals surface area contributed by atoms with E-state index >= 15 is 0 Å². The van der Waals surface area contributed by atoms with E-state index < -0.39 is 0 Å². The molecule has 0 fully saturated rings. The van der Waals surface area contributed by atoms with Gasteiger partial charge in [-0.2, -0.15) is 0 Å². The van der Waals surface area contributed by atoms with Gasteiger partial charge < -0.3 is 0 Å². The summed E-state index contributed by atoms with van der Waals surface area (Å²) < 4.78 is 2.14. The van der Waals surface area contributed by atoms with Gasteiger partial charge in [-0.05, 0) is 0 Å². The SMILES string of the molecule is Nc1cc([As]c2ccc(O)c(N)c2)ccc1O. The van der Waals surface area contributed by atoms with Crippen molar-refractivity contribution in [3.05, 3.63) is 36.4 Å². The number of rotatable bonds is 2. The van der Waals surface area contributed by atoms with Crippen molar-refractivity contribution >= 4 is 35.8 Å². The molecule has 4 nitrogen and oxygen atoms in total. The fourth-order valence-corrected chi connectivity index (χ4v) is 3.48. The minimum atomic E-state index is -0.256. The number of hydrogen-bond acceptors (Lipinski definition) is 4. The van der Waals surface area contributed by atoms with Crippen LogP contribution in [-0.4, -0.2) is 26.0 Å². The first-order valence-electron chi connectivity index (χ1n) is 4.95. The third-order valence-electron chi connectivity index (χ3n) is 2.28. The molecule has 0 aliphatic carbocycles. The third-order valence-corrected chi connectivity index (χ3v) is 4.53. The molecule has 2 aromatic carbocycles. The quantitative estimate of drug-likeness (QED) is 0.354. The van der Waals surface area contributed by atoms with E-state index in [0.29, 0.717) is 11.4 Å². The van der Waals surface area contributed by atoms with Crippen molar-refractivity contribution in [1.82, 2.24) is 0 Å². The van der Waals surface area contributed by atoms with Crippen molar-refractivity contribution in [3.8, 4) is 11.5 Å². The molecule has 0 amide bonds. The molecule has 2 aromatic rings. The normalized spacial score (nSPS) is 10.4. The van der Waals surface area contributed by atoms with Gasteiger partial charge in [0.15, 0.2) is 0 Å². The monoisotopic (exact) mass is 291 g/mol. The average Bonchev–Trinajstić information content (AvgIpc) is 2.29. The Kier molecular flexibility index (Phi) is 3.16. The van der Waals surface area contributed by atoms with E-state index in [0.717, 1.165) is 8.70 Å². The first kappa shape index (κ1) is 11.7. The summed E-state index contributed by atoms with van der Waals surface area (Å²) >= 11 is -0.256. The van der Waals surface area contributed by atoms with Gasteiger partial charge in [-0.3, -0.25) is 0 Å². The summed E-state index contributed by atoms with van der Waals surface area (Å²) in [4.78, 5) is 0. The molecule has 0 atom stereocenters. The van der Waals surface area contributed by atoms with Gasteiger partial charge in [-0.15, -0.1) is 0 Å². The summed E-state index contributed by atoms with van der Waals surface area (Å²) in [6.45, 7) is 0. The fraction of sp³-hybridized carbons (Fsp3) is 0. The van der Waals surface area contributed by atoms with Crippen LogP contribution >= 0.6 is 0 Å². The number of hydrogen-bond donors (Lipinski definition) is 4. The summed E-state index contributed by atoms with van der Waals surface area (Å²) in [6, 6.07) is 10.4. The summed E-state index contributed by atoms with van der Waals surface area (Å²) in [7, 11) is 0. The zero-order chi connectivity index (χ0) is 12.4. The van der Waals surface area contributed by atoms with Crippen LogP contribution in [0.5, 0.6) is 11.5 Å². The number of benzene rings is 2. The van der Waals surface area contributed by atoms with Gasteiger partial charge in [0.1, 0.15) is 0 Å². The molecule has 0 bridgehead atoms. The van der Waals surface area contributed by atoms with Crippen LogP contribution in [-0.2, 0) is 0 Å². The Balaban J connectivity index is 2.25. The molecule has 87 valence electrons. The fourth-order valence-electron chi connectivity index (χ4n) is 1.37. The predicted molar refractivity (Wildman–Crippen MR) is 70.1 cm³/mol. The van der Waals surface area contributed by atoms with E-state index in [1.807, 2.05) is 12.1 Å². The number of nitrogens with two attached hydrogens (primary N) is 2. The number of phenolic OH excluding ortho intramolecular Hbond substituents is 2. The van der Waals surface area contributed by atoms with Gasteiger partial charge in [0.25, 0.3) is 0 Å². The number of aromatic hydroxyl groups is 2. The Bertz CT molecular complexity index is 509. The number of anilines is 2. The molecule has 0 unspecified atom stereocenters. The first-order valence-corrected chi connectivity index (χ1v) is 6.82. The van der Waals surface area contributed by atoms with Gasteiger partial charge in [0, 0.05) is 0 Å². The average molecular weight is 291 g/mol. The standard InChI is InChI=1S/C12H12AsN2O2/c14-9-5-7(1-3-11(9)16)13-8-2-4-12(17)10(15)6-8/h1-6,16-17H,14-15H2. The molecule has 0 heterocycles. The van der Waals surface area contributed by atoms with Gasteiger partial charge in [-0.25, -0.2) is 0 Å². The van der Waals surface area contributed by atoms with Crippen molar-refractivity contribution in [1.29, 1.82) is 0 Å². The zero-order valence-corrected chi connectivity index (χ0v) is 10.8. The summed E-state index contributed by atoms with van der Waals surface area (Å²) in [5.41, 5.74) is 12.0. The second-order valence-electron chi connectivity index (χ2n) is 3.60. The van der Waals surface area contributed by atoms with Gasteiger partial charge in [0.2, 0.25) is 0 Å². The van der Waals surface area contributed by atoms with Crippen LogP contribution in [0.15, 0.2) is 36.4 Å². The van der Waals surface area contributed by atoms with E-state index in [4.69, 9.17) is 11.5 Å². The Morgan fingerprint density at radius 1 is 0.765 bits per heavy atom. The van der Waals surface area contributed by atoms with Crippen LogP contribution < -0.4 is 20.2 Å². The molecule has 0 aliphatic rings. The molecule has 17 heavy (non-hydrogen) atoms. The van der Waals surface area contributed by atoms with Gasteiger partial charge >= 0.3 is 105 Å². The molecule has 0 saturated carbocycles. The molecule has 0 spiro atoms. The molecule has 0 aromatic heterocycles. The summed E-state index contributed by atoms with van der Waals surface area (Å²) in [5.74, 6) is 0.195. The molecule has 6 N–H and O–H groups in total. The van der Waals surface area contributed by atoms with Crippen molar-refractivity contribution < 1.29 is 10.2 Å². The van der Waals surface area contributed by atoms with Crippen molar-refractivity contribution in [3.63, 3.8) is 0 Å². The number of nitrogen functional groups attached to an aromatic ring is 2. The van der Waals surface area contributed by atoms with Crippen LogP contribution in [0.25, 0.3) is 0 Å². The third kappa shape index (κ3) is 2.66. The maximum atomic E-state index is 9.32. The van der Waals surface area contributed by atoms with Crippen molar-refractivity contribution in [2.24, 2.45) is 0 Å². The van der Waals surface area contributed by atoms with Crippen LogP contribution in [0.2, 0.25) is 0 Å². The molecular formula is C12H12AsN2O2. The van der Waals surface area contributed by atoms with Crippen LogP contribution in [0, 0.1) is 0 Å². The molecule has 1 radical (unpaired) electrons. The van der Waals surface area contributed by atoms with E-state index in [1.165, 1.54) is 0 Å². The predicted octanol–water partition coefficient (Wildman–Crippen LogP) is -0.0828. The zero-order valence-electron chi connectivity index (χ0n) is 8.96. The van der Waals surface area contributed by atoms with E-state index in [-0.39, 0.29) is 27.3 Å². The molecule has 0 aliphatic heterocycles. The van der Waals surface area contributed by atoms with E-state index in [9.17, 15) is 10.2 Å². The van der Waals surface area contributed by atoms with E-state index in [1.54, 1.807) is 24.3 Å². The second kappa shape index (κ2) is 4.60. The molecular weight excluding hydrogens is 279 g/mol. The Morgan fingerprint density at radius 2 is 1.18 bits per heavy atom. The van der Waals surface area contributed by atoms with Gasteiger partial charge in [-0.1, -0.05) is 0 Å². The molecule has 5 heteroatoms. The minimum absolute atomic E-state index is 0.0974. The summed E-state index contributed by atoms with van der Waals surface area (Å²) in [6.07, 6.45) is 0. The van der Waals surface area contributed by atoms with Crippen LogP contribution in [0.4, 0.5) is 11.4 Å². The summed E-state index contributed by atoms with van der Waals surface area (Å²) in [5, 5.41) is 18.6. The second-order valence-corrected chi connectivity index (χ2v) is 6.23. The van der Waals surface area contributed by atoms with Crippen molar-refractivity contribution in [2.75, 3.05) is 11.5 Å². The Labute approximate surface area is 106 Å². The molecule has 2 rings (SSSR count). The number of phenols is 2. The molecule has 0 saturated heterocycles. The topological polar surface area (TPSA) is 92.5 Å². The van der Waals surface area contributed by atoms with E-state index in [2.05, 4.69) is 0 Å². The first-order chi connectivity index (χ1) is 8.06.